The first-order valence-corrected chi connectivity index (χ1v) is 6.99. The van der Waals surface area contributed by atoms with E-state index in [-0.39, 0.29) is 0 Å². The minimum Gasteiger partial charge on any atom is -0.380 e. The van der Waals surface area contributed by atoms with Gasteiger partial charge in [-0.2, -0.15) is 0 Å². The van der Waals surface area contributed by atoms with Gasteiger partial charge in [-0.25, -0.2) is 0 Å². The summed E-state index contributed by atoms with van der Waals surface area (Å²) in [7, 11) is 0. The fourth-order valence-corrected chi connectivity index (χ4v) is 2.96. The molecule has 0 amide bonds. The van der Waals surface area contributed by atoms with Crippen LogP contribution >= 0.6 is 0 Å². The number of nitrogens with zero attached hydrogens (tertiary/aromatic N) is 2. The molecule has 1 aliphatic carbocycles. The highest BCUT2D eigenvalue weighted by Crippen LogP contribution is 2.34. The zero-order chi connectivity index (χ0) is 13.1. The molecule has 3 rings (SSSR count). The van der Waals surface area contributed by atoms with Gasteiger partial charge in [-0.15, -0.1) is 0 Å². The highest BCUT2D eigenvalue weighted by Gasteiger charge is 2.21. The van der Waals surface area contributed by atoms with Crippen LogP contribution in [0.3, 0.4) is 0 Å². The summed E-state index contributed by atoms with van der Waals surface area (Å²) in [5.41, 5.74) is 7.95. The van der Waals surface area contributed by atoms with E-state index in [0.29, 0.717) is 11.7 Å². The highest BCUT2D eigenvalue weighted by molar-refractivity contribution is 5.75. The van der Waals surface area contributed by atoms with Crippen LogP contribution in [-0.4, -0.2) is 10.1 Å². The summed E-state index contributed by atoms with van der Waals surface area (Å²) in [5, 5.41) is 3.94. The number of hydrogen-bond donors (Lipinski definition) is 1. The second-order valence-corrected chi connectivity index (χ2v) is 5.31. The van der Waals surface area contributed by atoms with Gasteiger partial charge in [-0.3, -0.25) is 4.98 Å². The van der Waals surface area contributed by atoms with Gasteiger partial charge in [-0.05, 0) is 23.6 Å². The fourth-order valence-electron chi connectivity index (χ4n) is 2.96. The predicted octanol–water partition coefficient (Wildman–Crippen LogP) is 3.44. The summed E-state index contributed by atoms with van der Waals surface area (Å²) in [4.78, 5) is 4.04. The summed E-state index contributed by atoms with van der Waals surface area (Å²) in [6.07, 6.45) is 11.1. The molecule has 0 bridgehead atoms. The van der Waals surface area contributed by atoms with Crippen molar-refractivity contribution >= 4 is 5.82 Å². The molecular formula is C15H19N3O. The zero-order valence-corrected chi connectivity index (χ0v) is 11.0. The standard InChI is InChI=1S/C15H19N3O/c16-15-14(12-6-8-17-9-7-12)13(19-18-15)10-11-4-2-1-3-5-11/h6-9,11H,1-5,10H2,(H2,16,18). The van der Waals surface area contributed by atoms with Crippen LogP contribution in [0.2, 0.25) is 0 Å². The van der Waals surface area contributed by atoms with Crippen molar-refractivity contribution in [2.45, 2.75) is 38.5 Å². The maximum absolute atomic E-state index is 5.95. The molecule has 19 heavy (non-hydrogen) atoms. The minimum atomic E-state index is 0.483. The molecule has 1 fully saturated rings. The Labute approximate surface area is 113 Å². The van der Waals surface area contributed by atoms with Crippen LogP contribution in [0.4, 0.5) is 5.82 Å². The topological polar surface area (TPSA) is 64.9 Å². The Balaban J connectivity index is 1.86. The number of nitrogen functional groups attached to an aromatic ring is 1. The normalized spacial score (nSPS) is 16.6. The molecule has 0 atom stereocenters. The summed E-state index contributed by atoms with van der Waals surface area (Å²) in [6, 6.07) is 3.90. The van der Waals surface area contributed by atoms with Gasteiger partial charge >= 0.3 is 0 Å². The third-order valence-electron chi connectivity index (χ3n) is 3.96. The molecule has 0 aliphatic heterocycles. The lowest BCUT2D eigenvalue weighted by molar-refractivity contribution is 0.311. The van der Waals surface area contributed by atoms with Gasteiger partial charge in [0.25, 0.3) is 0 Å². The summed E-state index contributed by atoms with van der Waals surface area (Å²) < 4.78 is 5.46. The van der Waals surface area contributed by atoms with Crippen LogP contribution in [-0.2, 0) is 6.42 Å². The molecule has 1 aliphatic rings. The molecule has 0 radical (unpaired) electrons. The molecule has 1 saturated carbocycles. The minimum absolute atomic E-state index is 0.483. The van der Waals surface area contributed by atoms with Crippen molar-refractivity contribution < 1.29 is 4.52 Å². The molecule has 2 heterocycles. The maximum atomic E-state index is 5.95. The molecule has 2 aromatic rings. The number of rotatable bonds is 3. The van der Waals surface area contributed by atoms with E-state index < -0.39 is 0 Å². The van der Waals surface area contributed by atoms with Gasteiger partial charge in [0.15, 0.2) is 5.82 Å². The lowest BCUT2D eigenvalue weighted by Gasteiger charge is -2.20. The van der Waals surface area contributed by atoms with E-state index in [4.69, 9.17) is 10.3 Å². The Bertz CT molecular complexity index is 530. The fraction of sp³-hybridized carbons (Fsp3) is 0.467. The molecule has 2 N–H and O–H groups in total. The van der Waals surface area contributed by atoms with E-state index in [1.807, 2.05) is 12.1 Å². The molecule has 0 saturated heterocycles. The lowest BCUT2D eigenvalue weighted by Crippen LogP contribution is -2.09. The number of pyridine rings is 1. The van der Waals surface area contributed by atoms with E-state index in [9.17, 15) is 0 Å². The zero-order valence-electron chi connectivity index (χ0n) is 11.0. The first kappa shape index (κ1) is 12.2. The third kappa shape index (κ3) is 2.62. The molecule has 2 aromatic heterocycles. The first-order chi connectivity index (χ1) is 9.34. The molecular weight excluding hydrogens is 238 g/mol. The number of hydrogen-bond acceptors (Lipinski definition) is 4. The first-order valence-electron chi connectivity index (χ1n) is 6.99. The lowest BCUT2D eigenvalue weighted by atomic mass is 9.85. The highest BCUT2D eigenvalue weighted by atomic mass is 16.5. The molecule has 0 unspecified atom stereocenters. The molecule has 0 spiro atoms. The van der Waals surface area contributed by atoms with E-state index in [0.717, 1.165) is 23.3 Å². The van der Waals surface area contributed by atoms with Crippen molar-refractivity contribution in [2.24, 2.45) is 5.92 Å². The Hall–Kier alpha value is -1.84. The van der Waals surface area contributed by atoms with Crippen molar-refractivity contribution in [1.82, 2.24) is 10.1 Å². The van der Waals surface area contributed by atoms with Gasteiger partial charge in [-0.1, -0.05) is 37.3 Å². The van der Waals surface area contributed by atoms with Gasteiger partial charge < -0.3 is 10.3 Å². The number of nitrogens with two attached hydrogens (primary N) is 1. The Morgan fingerprint density at radius 3 is 2.63 bits per heavy atom. The van der Waals surface area contributed by atoms with E-state index in [1.165, 1.54) is 32.1 Å². The van der Waals surface area contributed by atoms with Crippen LogP contribution in [0.15, 0.2) is 29.0 Å². The van der Waals surface area contributed by atoms with Crippen LogP contribution in [0, 0.1) is 5.92 Å². The summed E-state index contributed by atoms with van der Waals surface area (Å²) >= 11 is 0. The SMILES string of the molecule is Nc1noc(CC2CCCCC2)c1-c1ccncc1. The van der Waals surface area contributed by atoms with Crippen LogP contribution < -0.4 is 5.73 Å². The van der Waals surface area contributed by atoms with Crippen molar-refractivity contribution in [3.05, 3.63) is 30.3 Å². The quantitative estimate of drug-likeness (QED) is 0.914. The summed E-state index contributed by atoms with van der Waals surface area (Å²) in [5.74, 6) is 2.12. The molecule has 100 valence electrons. The van der Waals surface area contributed by atoms with E-state index in [1.54, 1.807) is 12.4 Å². The van der Waals surface area contributed by atoms with Crippen LogP contribution in [0.1, 0.15) is 37.9 Å². The van der Waals surface area contributed by atoms with Gasteiger partial charge in [0, 0.05) is 18.8 Å². The maximum Gasteiger partial charge on any atom is 0.175 e. The average molecular weight is 257 g/mol. The van der Waals surface area contributed by atoms with Crippen LogP contribution in [0.25, 0.3) is 11.1 Å². The monoisotopic (exact) mass is 257 g/mol. The van der Waals surface area contributed by atoms with Crippen molar-refractivity contribution in [3.63, 3.8) is 0 Å². The number of aromatic nitrogens is 2. The smallest absolute Gasteiger partial charge is 0.175 e. The molecule has 4 nitrogen and oxygen atoms in total. The Morgan fingerprint density at radius 2 is 1.89 bits per heavy atom. The van der Waals surface area contributed by atoms with Crippen LogP contribution in [0.5, 0.6) is 0 Å². The molecule has 0 aromatic carbocycles. The van der Waals surface area contributed by atoms with E-state index in [2.05, 4.69) is 10.1 Å². The van der Waals surface area contributed by atoms with Gasteiger partial charge in [0.05, 0.1) is 5.56 Å². The van der Waals surface area contributed by atoms with Crippen molar-refractivity contribution in [2.75, 3.05) is 5.73 Å². The summed E-state index contributed by atoms with van der Waals surface area (Å²) in [6.45, 7) is 0. The molecule has 4 heteroatoms. The van der Waals surface area contributed by atoms with Crippen molar-refractivity contribution in [3.8, 4) is 11.1 Å². The predicted molar refractivity (Wildman–Crippen MR) is 74.4 cm³/mol. The second kappa shape index (κ2) is 5.43. The second-order valence-electron chi connectivity index (χ2n) is 5.31. The van der Waals surface area contributed by atoms with Gasteiger partial charge in [0.2, 0.25) is 0 Å². The van der Waals surface area contributed by atoms with Crippen molar-refractivity contribution in [1.29, 1.82) is 0 Å². The third-order valence-corrected chi connectivity index (χ3v) is 3.96. The van der Waals surface area contributed by atoms with E-state index >= 15 is 0 Å². The Kier molecular flexibility index (Phi) is 3.49. The average Bonchev–Trinajstić information content (AvgIpc) is 2.82. The Morgan fingerprint density at radius 1 is 1.16 bits per heavy atom. The largest absolute Gasteiger partial charge is 0.380 e. The van der Waals surface area contributed by atoms with Gasteiger partial charge in [0.1, 0.15) is 5.76 Å². The number of anilines is 1.